The van der Waals surface area contributed by atoms with E-state index in [4.69, 9.17) is 4.74 Å². The first-order valence-electron chi connectivity index (χ1n) is 10.1. The van der Waals surface area contributed by atoms with E-state index in [0.29, 0.717) is 43.7 Å². The third-order valence-electron chi connectivity index (χ3n) is 5.71. The molecule has 158 valence electrons. The van der Waals surface area contributed by atoms with Crippen LogP contribution in [-0.4, -0.2) is 59.8 Å². The summed E-state index contributed by atoms with van der Waals surface area (Å²) >= 11 is 1.57. The van der Waals surface area contributed by atoms with Crippen LogP contribution in [0.4, 0.5) is 0 Å². The number of hydrogen-bond acceptors (Lipinski definition) is 5. The van der Waals surface area contributed by atoms with Crippen molar-refractivity contribution < 1.29 is 19.1 Å². The fraction of sp³-hybridized carbons (Fsp3) is 0.409. The summed E-state index contributed by atoms with van der Waals surface area (Å²) < 4.78 is 6.39. The molecule has 0 bridgehead atoms. The van der Waals surface area contributed by atoms with Gasteiger partial charge in [-0.15, -0.1) is 11.3 Å². The molecule has 2 aliphatic rings. The Labute approximate surface area is 179 Å². The van der Waals surface area contributed by atoms with Crippen LogP contribution >= 0.6 is 11.3 Å². The molecule has 4 rings (SSSR count). The molecule has 3 heterocycles. The molecule has 30 heavy (non-hydrogen) atoms. The number of thiophene rings is 1. The Morgan fingerprint density at radius 1 is 1.20 bits per heavy atom. The normalized spacial score (nSPS) is 21.6. The number of ether oxygens (including phenoxy) is 1. The minimum absolute atomic E-state index is 0.0482. The van der Waals surface area contributed by atoms with E-state index in [1.54, 1.807) is 46.4 Å². The number of likely N-dealkylation sites (tertiary alicyclic amines) is 1. The van der Waals surface area contributed by atoms with Gasteiger partial charge in [-0.3, -0.25) is 14.4 Å². The highest BCUT2D eigenvalue weighted by Gasteiger charge is 2.43. The third kappa shape index (κ3) is 4.33. The molecule has 1 unspecified atom stereocenters. The maximum atomic E-state index is 13.2. The fourth-order valence-electron chi connectivity index (χ4n) is 3.95. The van der Waals surface area contributed by atoms with Gasteiger partial charge in [-0.2, -0.15) is 0 Å². The van der Waals surface area contributed by atoms with Gasteiger partial charge in [0.2, 0.25) is 11.8 Å². The number of rotatable bonds is 4. The van der Waals surface area contributed by atoms with E-state index in [1.165, 1.54) is 0 Å². The lowest BCUT2D eigenvalue weighted by atomic mass is 9.93. The van der Waals surface area contributed by atoms with E-state index in [1.807, 2.05) is 23.6 Å². The number of amides is 3. The molecule has 0 saturated carbocycles. The second kappa shape index (κ2) is 8.47. The van der Waals surface area contributed by atoms with Gasteiger partial charge in [-0.05, 0) is 30.0 Å². The zero-order chi connectivity index (χ0) is 21.1. The largest absolute Gasteiger partial charge is 0.485 e. The van der Waals surface area contributed by atoms with Crippen molar-refractivity contribution in [2.45, 2.75) is 31.4 Å². The third-order valence-corrected chi connectivity index (χ3v) is 6.58. The van der Waals surface area contributed by atoms with Crippen molar-refractivity contribution in [3.05, 3.63) is 52.2 Å². The van der Waals surface area contributed by atoms with Crippen molar-refractivity contribution in [3.63, 3.8) is 0 Å². The van der Waals surface area contributed by atoms with Crippen LogP contribution in [0.2, 0.25) is 0 Å². The van der Waals surface area contributed by atoms with Gasteiger partial charge < -0.3 is 19.9 Å². The summed E-state index contributed by atoms with van der Waals surface area (Å²) in [7, 11) is 1.78. The van der Waals surface area contributed by atoms with Crippen molar-refractivity contribution in [1.29, 1.82) is 0 Å². The number of nitrogens with one attached hydrogen (secondary N) is 1. The summed E-state index contributed by atoms with van der Waals surface area (Å²) in [4.78, 5) is 42.4. The fourth-order valence-corrected chi connectivity index (χ4v) is 4.60. The zero-order valence-electron chi connectivity index (χ0n) is 16.9. The number of nitrogens with zero attached hydrogens (tertiary/aromatic N) is 2. The van der Waals surface area contributed by atoms with Crippen LogP contribution in [0.3, 0.4) is 0 Å². The molecule has 0 aliphatic carbocycles. The predicted molar refractivity (Wildman–Crippen MR) is 113 cm³/mol. The molecule has 0 radical (unpaired) electrons. The smallest absolute Gasteiger partial charge is 0.258 e. The average molecular weight is 428 g/mol. The van der Waals surface area contributed by atoms with Crippen molar-refractivity contribution in [3.8, 4) is 5.75 Å². The molecule has 7 nitrogen and oxygen atoms in total. The SMILES string of the molecule is CN1CCC2(CCC1=O)CN(CC(=O)NCc1cccs1)C(=O)c1ccccc1O2. The average Bonchev–Trinajstić information content (AvgIpc) is 3.19. The maximum absolute atomic E-state index is 13.2. The number of carbonyl (C=O) groups is 3. The lowest BCUT2D eigenvalue weighted by molar-refractivity contribution is -0.129. The Kier molecular flexibility index (Phi) is 5.76. The van der Waals surface area contributed by atoms with Gasteiger partial charge in [-0.25, -0.2) is 0 Å². The molecule has 1 spiro atoms. The number of fused-ring (bicyclic) bond motifs is 1. The van der Waals surface area contributed by atoms with Gasteiger partial charge in [-0.1, -0.05) is 18.2 Å². The highest BCUT2D eigenvalue weighted by molar-refractivity contribution is 7.09. The lowest BCUT2D eigenvalue weighted by Crippen LogP contribution is -2.50. The van der Waals surface area contributed by atoms with Crippen LogP contribution in [0.1, 0.15) is 34.5 Å². The number of hydrogen-bond donors (Lipinski definition) is 1. The molecule has 2 aromatic rings. The van der Waals surface area contributed by atoms with Crippen LogP contribution < -0.4 is 10.1 Å². The van der Waals surface area contributed by atoms with E-state index >= 15 is 0 Å². The molecular formula is C22H25N3O4S. The topological polar surface area (TPSA) is 79.0 Å². The van der Waals surface area contributed by atoms with E-state index in [2.05, 4.69) is 5.32 Å². The number of benzene rings is 1. The van der Waals surface area contributed by atoms with Crippen molar-refractivity contribution in [2.75, 3.05) is 26.7 Å². The Bertz CT molecular complexity index is 946. The van der Waals surface area contributed by atoms with Gasteiger partial charge in [0.1, 0.15) is 17.9 Å². The Balaban J connectivity index is 1.56. The summed E-state index contributed by atoms with van der Waals surface area (Å²) in [5, 5.41) is 4.85. The second-order valence-electron chi connectivity index (χ2n) is 7.86. The van der Waals surface area contributed by atoms with E-state index < -0.39 is 5.60 Å². The minimum atomic E-state index is -0.698. The minimum Gasteiger partial charge on any atom is -0.485 e. The molecular weight excluding hydrogens is 402 g/mol. The number of carbonyl (C=O) groups excluding carboxylic acids is 3. The molecule has 1 fully saturated rings. The van der Waals surface area contributed by atoms with Gasteiger partial charge in [0, 0.05) is 31.3 Å². The summed E-state index contributed by atoms with van der Waals surface area (Å²) in [5.74, 6) is 0.145. The van der Waals surface area contributed by atoms with E-state index in [0.717, 1.165) is 4.88 Å². The first-order chi connectivity index (χ1) is 14.5. The molecule has 3 amide bonds. The zero-order valence-corrected chi connectivity index (χ0v) is 17.7. The van der Waals surface area contributed by atoms with E-state index in [-0.39, 0.29) is 30.8 Å². The van der Waals surface area contributed by atoms with Gasteiger partial charge in [0.25, 0.3) is 5.91 Å². The highest BCUT2D eigenvalue weighted by atomic mass is 32.1. The summed E-state index contributed by atoms with van der Waals surface area (Å²) in [6.07, 6.45) is 1.46. The van der Waals surface area contributed by atoms with Crippen molar-refractivity contribution >= 4 is 29.1 Å². The van der Waals surface area contributed by atoms with Crippen LogP contribution in [0.25, 0.3) is 0 Å². The maximum Gasteiger partial charge on any atom is 0.258 e. The van der Waals surface area contributed by atoms with Crippen LogP contribution in [-0.2, 0) is 16.1 Å². The van der Waals surface area contributed by atoms with Crippen LogP contribution in [0, 0.1) is 0 Å². The summed E-state index contributed by atoms with van der Waals surface area (Å²) in [6, 6.07) is 11.0. The number of para-hydroxylation sites is 1. The molecule has 1 atom stereocenters. The molecule has 2 aliphatic heterocycles. The van der Waals surface area contributed by atoms with Crippen molar-refractivity contribution in [1.82, 2.24) is 15.1 Å². The summed E-state index contributed by atoms with van der Waals surface area (Å²) in [6.45, 7) is 1.21. The van der Waals surface area contributed by atoms with Gasteiger partial charge >= 0.3 is 0 Å². The standard InChI is InChI=1S/C22H25N3O4S/c1-24-11-10-22(9-8-20(24)27)15-25(14-19(26)23-13-16-5-4-12-30-16)21(28)17-6-2-3-7-18(17)29-22/h2-7,12H,8-11,13-15H2,1H3,(H,23,26). The quantitative estimate of drug-likeness (QED) is 0.812. The Hall–Kier alpha value is -2.87. The molecule has 1 aromatic carbocycles. The lowest BCUT2D eigenvalue weighted by Gasteiger charge is -2.35. The van der Waals surface area contributed by atoms with Gasteiger partial charge in [0.15, 0.2) is 0 Å². The second-order valence-corrected chi connectivity index (χ2v) is 8.90. The van der Waals surface area contributed by atoms with Crippen molar-refractivity contribution in [2.24, 2.45) is 0 Å². The molecule has 8 heteroatoms. The Morgan fingerprint density at radius 2 is 2.03 bits per heavy atom. The first-order valence-corrected chi connectivity index (χ1v) is 10.9. The Morgan fingerprint density at radius 3 is 2.83 bits per heavy atom. The predicted octanol–water partition coefficient (Wildman–Crippen LogP) is 2.28. The molecule has 1 aromatic heterocycles. The highest BCUT2D eigenvalue weighted by Crippen LogP contribution is 2.35. The van der Waals surface area contributed by atoms with E-state index in [9.17, 15) is 14.4 Å². The first kappa shape index (κ1) is 20.4. The monoisotopic (exact) mass is 427 g/mol. The summed E-state index contributed by atoms with van der Waals surface area (Å²) in [5.41, 5.74) is -0.249. The van der Waals surface area contributed by atoms with Crippen LogP contribution in [0.5, 0.6) is 5.75 Å². The molecule has 1 saturated heterocycles. The van der Waals surface area contributed by atoms with Crippen LogP contribution in [0.15, 0.2) is 41.8 Å². The molecule has 1 N–H and O–H groups in total. The van der Waals surface area contributed by atoms with Gasteiger partial charge in [0.05, 0.1) is 18.7 Å².